The third kappa shape index (κ3) is 30.2. The van der Waals surface area contributed by atoms with E-state index in [1.54, 1.807) is 7.11 Å². The van der Waals surface area contributed by atoms with Crippen LogP contribution in [0.4, 0.5) is 51.8 Å². The number of benzene rings is 2. The van der Waals surface area contributed by atoms with Gasteiger partial charge in [0.2, 0.25) is 0 Å². The third-order valence-electron chi connectivity index (χ3n) is 1.97. The summed E-state index contributed by atoms with van der Waals surface area (Å²) in [6.07, 6.45) is 0. The van der Waals surface area contributed by atoms with Crippen LogP contribution >= 0.6 is 0 Å². The van der Waals surface area contributed by atoms with Gasteiger partial charge in [-0.25, -0.2) is 0 Å². The zero-order valence-corrected chi connectivity index (χ0v) is 13.2. The maximum atomic E-state index is 9.75. The minimum atomic E-state index is -6.00. The van der Waals surface area contributed by atoms with Gasteiger partial charge in [-0.15, -0.1) is 0 Å². The van der Waals surface area contributed by atoms with Gasteiger partial charge in [0.1, 0.15) is 5.75 Å². The van der Waals surface area contributed by atoms with Gasteiger partial charge in [0.25, 0.3) is 0 Å². The zero-order chi connectivity index (χ0) is 21.9. The Balaban J connectivity index is -0.000000334. The SMILES string of the molecule is COc1cccc2ccccc12.F[B-](F)(F)F.F[B-](F)(F)F.F[B-](F)(F)F.[KH]. The molecule has 2 rings (SSSR count). The summed E-state index contributed by atoms with van der Waals surface area (Å²) < 4.78 is 122. The van der Waals surface area contributed by atoms with Gasteiger partial charge in [-0.05, 0) is 11.5 Å². The number of hydrogen-bond donors (Lipinski definition) is 0. The molecule has 0 saturated heterocycles. The molecule has 28 heavy (non-hydrogen) atoms. The van der Waals surface area contributed by atoms with Crippen LogP contribution in [0.15, 0.2) is 42.5 Å². The normalized spacial score (nSPS) is 10.8. The number of ether oxygens (including phenoxy) is 1. The number of fused-ring (bicyclic) bond motifs is 1. The molecule has 2 aromatic carbocycles. The Bertz CT molecular complexity index is 610. The molecule has 0 amide bonds. The quantitative estimate of drug-likeness (QED) is 0.371. The Kier molecular flexibility index (Phi) is 16.6. The van der Waals surface area contributed by atoms with Crippen LogP contribution in [0.2, 0.25) is 0 Å². The minimum absolute atomic E-state index is 0. The maximum absolute atomic E-state index is 9.75. The molecule has 158 valence electrons. The summed E-state index contributed by atoms with van der Waals surface area (Å²) in [7, 11) is -16.3. The molecule has 0 heterocycles. The van der Waals surface area contributed by atoms with Crippen molar-refractivity contribution in [3.8, 4) is 5.75 Å². The van der Waals surface area contributed by atoms with E-state index in [-0.39, 0.29) is 51.4 Å². The van der Waals surface area contributed by atoms with Crippen molar-refractivity contribution in [2.24, 2.45) is 0 Å². The van der Waals surface area contributed by atoms with Gasteiger partial charge in [-0.2, -0.15) is 0 Å². The first-order chi connectivity index (χ1) is 11.9. The monoisotopic (exact) mass is 459 g/mol. The van der Waals surface area contributed by atoms with Crippen molar-refractivity contribution in [2.75, 3.05) is 7.11 Å². The van der Waals surface area contributed by atoms with Crippen molar-refractivity contribution in [2.45, 2.75) is 0 Å². The van der Waals surface area contributed by atoms with Gasteiger partial charge < -0.3 is 56.5 Å². The molecular weight excluding hydrogens is 448 g/mol. The second-order valence-corrected chi connectivity index (χ2v) is 4.17. The molecule has 0 aromatic heterocycles. The van der Waals surface area contributed by atoms with Crippen LogP contribution in [0.3, 0.4) is 0 Å². The second-order valence-electron chi connectivity index (χ2n) is 4.17. The van der Waals surface area contributed by atoms with Gasteiger partial charge in [0, 0.05) is 5.39 Å². The Morgan fingerprint density at radius 2 is 0.893 bits per heavy atom. The van der Waals surface area contributed by atoms with E-state index < -0.39 is 21.8 Å². The number of halogens is 12. The first-order valence-electron chi connectivity index (χ1n) is 6.55. The molecule has 0 N–H and O–H groups in total. The van der Waals surface area contributed by atoms with Crippen LogP contribution < -0.4 is 4.74 Å². The topological polar surface area (TPSA) is 9.23 Å². The average molecular weight is 459 g/mol. The fourth-order valence-electron chi connectivity index (χ4n) is 1.37. The summed E-state index contributed by atoms with van der Waals surface area (Å²) in [5, 5.41) is 2.39. The summed E-state index contributed by atoms with van der Waals surface area (Å²) in [4.78, 5) is 0. The Hall–Kier alpha value is -0.509. The van der Waals surface area contributed by atoms with Gasteiger partial charge in [-0.1, -0.05) is 36.4 Å². The summed E-state index contributed by atoms with van der Waals surface area (Å²) in [6, 6.07) is 14.2. The number of hydrogen-bond acceptors (Lipinski definition) is 1. The molecule has 1 nitrogen and oxygen atoms in total. The zero-order valence-electron chi connectivity index (χ0n) is 13.2. The van der Waals surface area contributed by atoms with Gasteiger partial charge in [0.15, 0.2) is 0 Å². The fraction of sp³-hybridized carbons (Fsp3) is 0.0909. The molecule has 2 aromatic rings. The van der Waals surface area contributed by atoms with Crippen LogP contribution in [0.1, 0.15) is 0 Å². The van der Waals surface area contributed by atoms with Crippen molar-refractivity contribution in [3.63, 3.8) is 0 Å². The number of methoxy groups -OCH3 is 1. The van der Waals surface area contributed by atoms with Gasteiger partial charge in [-0.3, -0.25) is 0 Å². The van der Waals surface area contributed by atoms with Crippen molar-refractivity contribution in [3.05, 3.63) is 42.5 Å². The molecule has 0 atom stereocenters. The Morgan fingerprint density at radius 1 is 0.571 bits per heavy atom. The first kappa shape index (κ1) is 32.2. The van der Waals surface area contributed by atoms with E-state index in [0.29, 0.717) is 0 Å². The molecule has 17 heteroatoms. The van der Waals surface area contributed by atoms with Crippen LogP contribution in [-0.4, -0.2) is 80.3 Å². The van der Waals surface area contributed by atoms with Crippen molar-refractivity contribution in [1.29, 1.82) is 0 Å². The molecule has 0 aliphatic rings. The van der Waals surface area contributed by atoms with E-state index >= 15 is 0 Å². The molecular formula is C11H11B3F12KO-3. The summed E-state index contributed by atoms with van der Waals surface area (Å²) in [5.41, 5.74) is 0. The molecule has 0 spiro atoms. The van der Waals surface area contributed by atoms with Crippen LogP contribution in [0.5, 0.6) is 5.75 Å². The molecule has 0 bridgehead atoms. The van der Waals surface area contributed by atoms with E-state index in [1.165, 1.54) is 10.8 Å². The standard InChI is InChI=1S/C11H10O.3BF4.K.H/c1-12-11-8-4-6-9-5-2-3-7-10(9)11;3*2-1(3,4)5;;/h2-8H,1H3;;;;;/q;3*-1;;. The van der Waals surface area contributed by atoms with E-state index in [0.717, 1.165) is 5.75 Å². The molecule has 0 fully saturated rings. The second kappa shape index (κ2) is 14.5. The molecule has 0 aliphatic carbocycles. The van der Waals surface area contributed by atoms with E-state index in [2.05, 4.69) is 18.2 Å². The number of rotatable bonds is 1. The van der Waals surface area contributed by atoms with E-state index in [1.807, 2.05) is 24.3 Å². The van der Waals surface area contributed by atoms with Crippen molar-refractivity contribution in [1.82, 2.24) is 0 Å². The summed E-state index contributed by atoms with van der Waals surface area (Å²) in [6.45, 7) is 0. The molecule has 0 saturated carbocycles. The third-order valence-corrected chi connectivity index (χ3v) is 1.97. The van der Waals surface area contributed by atoms with Gasteiger partial charge >= 0.3 is 73.1 Å². The summed E-state index contributed by atoms with van der Waals surface area (Å²) >= 11 is 0. The molecule has 0 unspecified atom stereocenters. The van der Waals surface area contributed by atoms with Crippen LogP contribution in [-0.2, 0) is 0 Å². The van der Waals surface area contributed by atoms with Crippen molar-refractivity contribution >= 4 is 83.9 Å². The first-order valence-corrected chi connectivity index (χ1v) is 6.55. The van der Waals surface area contributed by atoms with Gasteiger partial charge in [0.05, 0.1) is 7.11 Å². The van der Waals surface area contributed by atoms with Crippen molar-refractivity contribution < 1.29 is 56.5 Å². The van der Waals surface area contributed by atoms with Crippen LogP contribution in [0.25, 0.3) is 10.8 Å². The summed E-state index contributed by atoms with van der Waals surface area (Å²) in [5.74, 6) is 0.938. The van der Waals surface area contributed by atoms with Crippen LogP contribution in [0, 0.1) is 0 Å². The van der Waals surface area contributed by atoms with E-state index in [4.69, 9.17) is 4.74 Å². The van der Waals surface area contributed by atoms with E-state index in [9.17, 15) is 51.8 Å². The molecule has 0 aliphatic heterocycles. The fourth-order valence-corrected chi connectivity index (χ4v) is 1.37. The Labute approximate surface area is 194 Å². The predicted octanol–water partition coefficient (Wildman–Crippen LogP) is 6.10. The Morgan fingerprint density at radius 3 is 1.25 bits per heavy atom. The average Bonchev–Trinajstić information content (AvgIpc) is 2.41. The molecule has 0 radical (unpaired) electrons. The predicted molar refractivity (Wildman–Crippen MR) is 88.2 cm³/mol.